The molecule has 1 aliphatic heterocycles. The van der Waals surface area contributed by atoms with Gasteiger partial charge in [0.1, 0.15) is 12.5 Å². The van der Waals surface area contributed by atoms with E-state index in [2.05, 4.69) is 5.32 Å². The van der Waals surface area contributed by atoms with Gasteiger partial charge >= 0.3 is 0 Å². The molecule has 1 atom stereocenters. The van der Waals surface area contributed by atoms with E-state index in [9.17, 15) is 8.78 Å². The molecule has 1 heterocycles. The summed E-state index contributed by atoms with van der Waals surface area (Å²) in [5, 5.41) is 3.51. The van der Waals surface area contributed by atoms with Crippen molar-refractivity contribution < 1.29 is 8.78 Å². The van der Waals surface area contributed by atoms with Gasteiger partial charge < -0.3 is 5.32 Å². The number of alkyl halides is 1. The average molecular weight is 297 g/mol. The highest BCUT2D eigenvalue weighted by atomic mass is 35.5. The van der Waals surface area contributed by atoms with Crippen LogP contribution < -0.4 is 5.32 Å². The van der Waals surface area contributed by atoms with Crippen LogP contribution in [0.2, 0.25) is 5.02 Å². The largest absolute Gasteiger partial charge is 0.314 e. The first-order valence-electron chi connectivity index (χ1n) is 5.68. The summed E-state index contributed by atoms with van der Waals surface area (Å²) in [6.07, 6.45) is 0. The summed E-state index contributed by atoms with van der Waals surface area (Å²) in [6, 6.07) is 3.77. The summed E-state index contributed by atoms with van der Waals surface area (Å²) >= 11 is 5.97. The molecule has 0 unspecified atom stereocenters. The zero-order valence-corrected chi connectivity index (χ0v) is 11.4. The van der Waals surface area contributed by atoms with Gasteiger partial charge in [-0.15, -0.1) is 12.4 Å². The molecule has 0 aromatic heterocycles. The summed E-state index contributed by atoms with van der Waals surface area (Å²) in [4.78, 5) is 2.04. The first-order chi connectivity index (χ1) is 8.22. The molecule has 18 heavy (non-hydrogen) atoms. The van der Waals surface area contributed by atoms with Crippen LogP contribution in [0.25, 0.3) is 0 Å². The Kier molecular flexibility index (Phi) is 6.29. The van der Waals surface area contributed by atoms with E-state index in [0.29, 0.717) is 10.6 Å². The highest BCUT2D eigenvalue weighted by molar-refractivity contribution is 6.31. The predicted molar refractivity (Wildman–Crippen MR) is 71.8 cm³/mol. The molecule has 1 aromatic rings. The lowest BCUT2D eigenvalue weighted by Crippen LogP contribution is -2.45. The van der Waals surface area contributed by atoms with Crippen molar-refractivity contribution in [3.05, 3.63) is 34.6 Å². The van der Waals surface area contributed by atoms with E-state index in [1.807, 2.05) is 4.90 Å². The molecule has 1 saturated heterocycles. The minimum absolute atomic E-state index is 0. The lowest BCUT2D eigenvalue weighted by Gasteiger charge is -2.34. The molecular weight excluding hydrogens is 281 g/mol. The summed E-state index contributed by atoms with van der Waals surface area (Å²) < 4.78 is 26.1. The second-order valence-corrected chi connectivity index (χ2v) is 4.53. The third-order valence-corrected chi connectivity index (χ3v) is 3.39. The fourth-order valence-corrected chi connectivity index (χ4v) is 2.44. The van der Waals surface area contributed by atoms with Crippen molar-refractivity contribution >= 4 is 24.0 Å². The second-order valence-electron chi connectivity index (χ2n) is 4.12. The Morgan fingerprint density at radius 1 is 1.33 bits per heavy atom. The van der Waals surface area contributed by atoms with Gasteiger partial charge in [-0.05, 0) is 17.7 Å². The van der Waals surface area contributed by atoms with E-state index in [4.69, 9.17) is 11.6 Å². The smallest absolute Gasteiger partial charge is 0.124 e. The van der Waals surface area contributed by atoms with Gasteiger partial charge in [0.25, 0.3) is 0 Å². The minimum atomic E-state index is -0.509. The van der Waals surface area contributed by atoms with Crippen LogP contribution in [0.1, 0.15) is 11.6 Å². The van der Waals surface area contributed by atoms with Crippen LogP contribution in [0.3, 0.4) is 0 Å². The van der Waals surface area contributed by atoms with Crippen molar-refractivity contribution in [3.8, 4) is 0 Å². The molecule has 0 aliphatic carbocycles. The van der Waals surface area contributed by atoms with Gasteiger partial charge in [0, 0.05) is 31.2 Å². The maximum Gasteiger partial charge on any atom is 0.124 e. The standard InChI is InChI=1S/C12H15ClF2N2.ClH/c13-11-7-9(15)1-2-10(11)12(8-14)17-5-3-16-4-6-17;/h1-2,7,12,16H,3-6,8H2;1H/t12-;/m1./s1. The van der Waals surface area contributed by atoms with Crippen LogP contribution in [-0.2, 0) is 0 Å². The van der Waals surface area contributed by atoms with Crippen LogP contribution in [-0.4, -0.2) is 37.8 Å². The molecule has 0 saturated carbocycles. The topological polar surface area (TPSA) is 15.3 Å². The van der Waals surface area contributed by atoms with Crippen LogP contribution in [0.4, 0.5) is 8.78 Å². The summed E-state index contributed by atoms with van der Waals surface area (Å²) in [6.45, 7) is 2.74. The fourth-order valence-electron chi connectivity index (χ4n) is 2.14. The van der Waals surface area contributed by atoms with E-state index in [1.165, 1.54) is 12.1 Å². The van der Waals surface area contributed by atoms with E-state index in [-0.39, 0.29) is 18.4 Å². The van der Waals surface area contributed by atoms with Crippen molar-refractivity contribution in [2.75, 3.05) is 32.9 Å². The number of hydrogen-bond donors (Lipinski definition) is 1. The number of nitrogens with zero attached hydrogens (tertiary/aromatic N) is 1. The molecule has 2 rings (SSSR count). The molecule has 0 bridgehead atoms. The van der Waals surface area contributed by atoms with Crippen molar-refractivity contribution in [3.63, 3.8) is 0 Å². The molecule has 1 N–H and O–H groups in total. The Balaban J connectivity index is 0.00000162. The number of benzene rings is 1. The van der Waals surface area contributed by atoms with Crippen LogP contribution >= 0.6 is 24.0 Å². The number of piperazine rings is 1. The second kappa shape index (κ2) is 7.24. The van der Waals surface area contributed by atoms with Gasteiger partial charge in [-0.1, -0.05) is 17.7 Å². The summed E-state index contributed by atoms with van der Waals surface area (Å²) in [7, 11) is 0. The number of rotatable bonds is 3. The van der Waals surface area contributed by atoms with Crippen molar-refractivity contribution in [1.29, 1.82) is 0 Å². The average Bonchev–Trinajstić information content (AvgIpc) is 2.34. The number of halogens is 4. The first-order valence-corrected chi connectivity index (χ1v) is 6.06. The Labute approximate surface area is 117 Å². The monoisotopic (exact) mass is 296 g/mol. The van der Waals surface area contributed by atoms with Gasteiger partial charge in [-0.25, -0.2) is 8.78 Å². The minimum Gasteiger partial charge on any atom is -0.314 e. The molecule has 0 spiro atoms. The summed E-state index contributed by atoms with van der Waals surface area (Å²) in [5.74, 6) is -0.392. The van der Waals surface area contributed by atoms with Crippen LogP contribution in [0.5, 0.6) is 0 Å². The van der Waals surface area contributed by atoms with Gasteiger partial charge in [0.05, 0.1) is 6.04 Å². The van der Waals surface area contributed by atoms with Crippen molar-refractivity contribution in [2.45, 2.75) is 6.04 Å². The lowest BCUT2D eigenvalue weighted by molar-refractivity contribution is 0.147. The maximum absolute atomic E-state index is 13.2. The lowest BCUT2D eigenvalue weighted by atomic mass is 10.1. The zero-order chi connectivity index (χ0) is 12.3. The highest BCUT2D eigenvalue weighted by Gasteiger charge is 2.23. The predicted octanol–water partition coefficient (Wildman–Crippen LogP) is 2.82. The van der Waals surface area contributed by atoms with Crippen LogP contribution in [0, 0.1) is 5.82 Å². The van der Waals surface area contributed by atoms with Crippen molar-refractivity contribution in [2.24, 2.45) is 0 Å². The molecule has 0 amide bonds. The van der Waals surface area contributed by atoms with Gasteiger partial charge in [-0.3, -0.25) is 4.90 Å². The first kappa shape index (κ1) is 15.6. The normalized spacial score (nSPS) is 18.2. The fraction of sp³-hybridized carbons (Fsp3) is 0.500. The SMILES string of the molecule is Cl.FC[C@H](c1ccc(F)cc1Cl)N1CCNCC1. The van der Waals surface area contributed by atoms with Gasteiger partial charge in [0.15, 0.2) is 0 Å². The molecule has 2 nitrogen and oxygen atoms in total. The van der Waals surface area contributed by atoms with E-state index in [0.717, 1.165) is 26.2 Å². The van der Waals surface area contributed by atoms with E-state index in [1.54, 1.807) is 6.07 Å². The molecule has 0 radical (unpaired) electrons. The Hall–Kier alpha value is -0.420. The highest BCUT2D eigenvalue weighted by Crippen LogP contribution is 2.28. The van der Waals surface area contributed by atoms with E-state index < -0.39 is 12.5 Å². The van der Waals surface area contributed by atoms with Gasteiger partial charge in [0.2, 0.25) is 0 Å². The molecular formula is C12H16Cl2F2N2. The Bertz CT molecular complexity index is 384. The molecule has 1 aliphatic rings. The zero-order valence-electron chi connectivity index (χ0n) is 9.83. The number of hydrogen-bond acceptors (Lipinski definition) is 2. The van der Waals surface area contributed by atoms with E-state index >= 15 is 0 Å². The van der Waals surface area contributed by atoms with Crippen molar-refractivity contribution in [1.82, 2.24) is 10.2 Å². The molecule has 1 fully saturated rings. The summed E-state index contributed by atoms with van der Waals surface area (Å²) in [5.41, 5.74) is 0.664. The molecule has 6 heteroatoms. The van der Waals surface area contributed by atoms with Crippen LogP contribution in [0.15, 0.2) is 18.2 Å². The molecule has 102 valence electrons. The third-order valence-electron chi connectivity index (χ3n) is 3.06. The third kappa shape index (κ3) is 3.54. The Morgan fingerprint density at radius 2 is 2.00 bits per heavy atom. The maximum atomic E-state index is 13.2. The quantitative estimate of drug-likeness (QED) is 0.923. The Morgan fingerprint density at radius 3 is 2.56 bits per heavy atom. The number of nitrogens with one attached hydrogen (secondary N) is 1. The van der Waals surface area contributed by atoms with Gasteiger partial charge in [-0.2, -0.15) is 0 Å². The molecule has 1 aromatic carbocycles.